The van der Waals surface area contributed by atoms with Gasteiger partial charge in [-0.2, -0.15) is 0 Å². The molecule has 0 radical (unpaired) electrons. The monoisotopic (exact) mass is 340 g/mol. The molecule has 3 heterocycles. The minimum atomic E-state index is -1.03. The summed E-state index contributed by atoms with van der Waals surface area (Å²) in [5, 5.41) is 9.56. The first-order valence-corrected chi connectivity index (χ1v) is 8.00. The van der Waals surface area contributed by atoms with Crippen LogP contribution in [0.1, 0.15) is 21.6 Å². The van der Waals surface area contributed by atoms with Gasteiger partial charge in [0.05, 0.1) is 0 Å². The molecular formula is C18H16N2O5. The molecule has 4 rings (SSSR count). The van der Waals surface area contributed by atoms with Crippen LogP contribution in [0.5, 0.6) is 11.6 Å². The van der Waals surface area contributed by atoms with Crippen molar-refractivity contribution in [2.24, 2.45) is 0 Å². The number of carbonyl (C=O) groups is 2. The summed E-state index contributed by atoms with van der Waals surface area (Å²) >= 11 is 0. The molecule has 2 aromatic rings. The van der Waals surface area contributed by atoms with Crippen molar-refractivity contribution in [2.45, 2.75) is 19.0 Å². The minimum absolute atomic E-state index is 0.148. The third-order valence-electron chi connectivity index (χ3n) is 4.42. The second-order valence-corrected chi connectivity index (χ2v) is 5.96. The van der Waals surface area contributed by atoms with E-state index in [4.69, 9.17) is 9.47 Å². The van der Waals surface area contributed by atoms with Gasteiger partial charge in [0.25, 0.3) is 11.8 Å². The lowest BCUT2D eigenvalue weighted by Crippen LogP contribution is -2.48. The fraction of sp³-hybridized carbons (Fsp3) is 0.278. The number of carboxylic acids is 1. The molecule has 0 saturated carbocycles. The molecule has 1 aromatic heterocycles. The maximum atomic E-state index is 12.9. The maximum absolute atomic E-state index is 12.9. The number of rotatable bonds is 2. The van der Waals surface area contributed by atoms with E-state index in [-0.39, 0.29) is 24.5 Å². The van der Waals surface area contributed by atoms with Crippen LogP contribution in [0.25, 0.3) is 0 Å². The largest absolute Gasteiger partial charge is 0.484 e. The maximum Gasteiger partial charge on any atom is 0.326 e. The molecule has 0 bridgehead atoms. The van der Waals surface area contributed by atoms with Gasteiger partial charge in [-0.15, -0.1) is 0 Å². The van der Waals surface area contributed by atoms with Crippen LogP contribution in [0.3, 0.4) is 0 Å². The number of carboxylic acid groups (broad SMARTS) is 1. The Kier molecular flexibility index (Phi) is 3.76. The van der Waals surface area contributed by atoms with Crippen LogP contribution in [-0.4, -0.2) is 46.1 Å². The summed E-state index contributed by atoms with van der Waals surface area (Å²) in [4.78, 5) is 30.2. The molecule has 7 heteroatoms. The molecule has 128 valence electrons. The molecule has 7 nitrogen and oxygen atoms in total. The van der Waals surface area contributed by atoms with Crippen molar-refractivity contribution < 1.29 is 24.2 Å². The summed E-state index contributed by atoms with van der Waals surface area (Å²) in [6.07, 6.45) is 0.280. The number of pyridine rings is 1. The Bertz CT molecular complexity index is 851. The van der Waals surface area contributed by atoms with Crippen LogP contribution in [0, 0.1) is 0 Å². The number of aliphatic carboxylic acids is 1. The van der Waals surface area contributed by atoms with Gasteiger partial charge in [-0.25, -0.2) is 9.78 Å². The number of aromatic nitrogens is 1. The zero-order valence-electron chi connectivity index (χ0n) is 13.3. The number of fused-ring (bicyclic) bond motifs is 2. The number of hydrogen-bond acceptors (Lipinski definition) is 5. The predicted molar refractivity (Wildman–Crippen MR) is 86.7 cm³/mol. The molecule has 1 amide bonds. The molecule has 0 fully saturated rings. The molecular weight excluding hydrogens is 324 g/mol. The van der Waals surface area contributed by atoms with E-state index < -0.39 is 17.9 Å². The first-order valence-electron chi connectivity index (χ1n) is 8.00. The van der Waals surface area contributed by atoms with Crippen molar-refractivity contribution in [1.29, 1.82) is 0 Å². The highest BCUT2D eigenvalue weighted by Gasteiger charge is 2.35. The van der Waals surface area contributed by atoms with Crippen molar-refractivity contribution in [1.82, 2.24) is 9.88 Å². The molecule has 2 aliphatic heterocycles. The fourth-order valence-corrected chi connectivity index (χ4v) is 3.15. The normalized spacial score (nSPS) is 18.4. The van der Waals surface area contributed by atoms with E-state index in [9.17, 15) is 14.7 Å². The highest BCUT2D eigenvalue weighted by atomic mass is 16.6. The Morgan fingerprint density at radius 2 is 1.84 bits per heavy atom. The molecule has 25 heavy (non-hydrogen) atoms. The van der Waals surface area contributed by atoms with Crippen LogP contribution in [-0.2, 0) is 17.8 Å². The van der Waals surface area contributed by atoms with E-state index >= 15 is 0 Å². The lowest BCUT2D eigenvalue weighted by atomic mass is 9.93. The van der Waals surface area contributed by atoms with Crippen molar-refractivity contribution >= 4 is 11.9 Å². The van der Waals surface area contributed by atoms with Crippen molar-refractivity contribution in [3.05, 3.63) is 53.2 Å². The smallest absolute Gasteiger partial charge is 0.326 e. The van der Waals surface area contributed by atoms with Gasteiger partial charge in [0, 0.05) is 13.0 Å². The molecule has 2 aliphatic rings. The average molecular weight is 340 g/mol. The van der Waals surface area contributed by atoms with Gasteiger partial charge >= 0.3 is 5.97 Å². The third kappa shape index (κ3) is 2.77. The van der Waals surface area contributed by atoms with Crippen LogP contribution < -0.4 is 9.47 Å². The topological polar surface area (TPSA) is 89.0 Å². The van der Waals surface area contributed by atoms with Crippen molar-refractivity contribution in [2.75, 3.05) is 13.2 Å². The van der Waals surface area contributed by atoms with E-state index in [0.717, 1.165) is 11.1 Å². The van der Waals surface area contributed by atoms with Crippen molar-refractivity contribution in [3.8, 4) is 11.6 Å². The van der Waals surface area contributed by atoms with Crippen LogP contribution in [0.15, 0.2) is 36.4 Å². The lowest BCUT2D eigenvalue weighted by Gasteiger charge is -2.34. The van der Waals surface area contributed by atoms with Gasteiger partial charge in [-0.1, -0.05) is 24.3 Å². The molecule has 0 aliphatic carbocycles. The second-order valence-electron chi connectivity index (χ2n) is 5.96. The summed E-state index contributed by atoms with van der Waals surface area (Å²) in [5.41, 5.74) is 2.05. The van der Waals surface area contributed by atoms with E-state index in [1.54, 1.807) is 6.07 Å². The number of benzene rings is 1. The van der Waals surface area contributed by atoms with Crippen molar-refractivity contribution in [3.63, 3.8) is 0 Å². The van der Waals surface area contributed by atoms with E-state index in [1.807, 2.05) is 24.3 Å². The Morgan fingerprint density at radius 1 is 1.08 bits per heavy atom. The summed E-state index contributed by atoms with van der Waals surface area (Å²) in [7, 11) is 0. The zero-order chi connectivity index (χ0) is 17.4. The molecule has 1 unspecified atom stereocenters. The summed E-state index contributed by atoms with van der Waals surface area (Å²) in [5.74, 6) is -0.706. The van der Waals surface area contributed by atoms with E-state index in [1.165, 1.54) is 11.0 Å². The van der Waals surface area contributed by atoms with Gasteiger partial charge < -0.3 is 19.5 Å². The van der Waals surface area contributed by atoms with E-state index in [0.29, 0.717) is 19.0 Å². The van der Waals surface area contributed by atoms with Gasteiger partial charge in [0.2, 0.25) is 0 Å². The fourth-order valence-electron chi connectivity index (χ4n) is 3.15. The SMILES string of the molecule is O=C(O)C1Cc2ccccc2CN1C(=O)c1ccc2c(n1)OCCO2. The first kappa shape index (κ1) is 15.4. The van der Waals surface area contributed by atoms with Gasteiger partial charge in [0.1, 0.15) is 24.9 Å². The van der Waals surface area contributed by atoms with Gasteiger partial charge in [-0.05, 0) is 23.3 Å². The molecule has 1 aromatic carbocycles. The standard InChI is InChI=1S/C18H16N2O5/c21-17(13-5-6-15-16(19-13)25-8-7-24-15)20-10-12-4-2-1-3-11(12)9-14(20)18(22)23/h1-6,14H,7-10H2,(H,22,23). The summed E-state index contributed by atoms with van der Waals surface area (Å²) in [6.45, 7) is 1.04. The van der Waals surface area contributed by atoms with E-state index in [2.05, 4.69) is 4.98 Å². The highest BCUT2D eigenvalue weighted by Crippen LogP contribution is 2.29. The van der Waals surface area contributed by atoms with Gasteiger partial charge in [-0.3, -0.25) is 4.79 Å². The van der Waals surface area contributed by atoms with Crippen LogP contribution in [0.2, 0.25) is 0 Å². The quantitative estimate of drug-likeness (QED) is 0.891. The van der Waals surface area contributed by atoms with Crippen LogP contribution >= 0.6 is 0 Å². The predicted octanol–water partition coefficient (Wildman–Crippen LogP) is 1.50. The Labute approximate surface area is 143 Å². The number of nitrogens with zero attached hydrogens (tertiary/aromatic N) is 2. The number of ether oxygens (including phenoxy) is 2. The molecule has 1 N–H and O–H groups in total. The second kappa shape index (κ2) is 6.08. The number of hydrogen-bond donors (Lipinski definition) is 1. The number of amides is 1. The molecule has 1 atom stereocenters. The average Bonchev–Trinajstić information content (AvgIpc) is 2.66. The minimum Gasteiger partial charge on any atom is -0.484 e. The lowest BCUT2D eigenvalue weighted by molar-refractivity contribution is -0.142. The Balaban J connectivity index is 1.67. The molecule has 0 saturated heterocycles. The number of carbonyl (C=O) groups excluding carboxylic acids is 1. The Hall–Kier alpha value is -3.09. The third-order valence-corrected chi connectivity index (χ3v) is 4.42. The zero-order valence-corrected chi connectivity index (χ0v) is 13.3. The molecule has 0 spiro atoms. The van der Waals surface area contributed by atoms with Gasteiger partial charge in [0.15, 0.2) is 5.75 Å². The van der Waals surface area contributed by atoms with Crippen LogP contribution in [0.4, 0.5) is 0 Å². The highest BCUT2D eigenvalue weighted by molar-refractivity contribution is 5.95. The summed E-state index contributed by atoms with van der Waals surface area (Å²) in [6, 6.07) is 9.80. The Morgan fingerprint density at radius 3 is 2.64 bits per heavy atom. The summed E-state index contributed by atoms with van der Waals surface area (Å²) < 4.78 is 10.8. The first-order chi connectivity index (χ1) is 12.1.